The van der Waals surface area contributed by atoms with Crippen molar-refractivity contribution < 1.29 is 27.5 Å². The summed E-state index contributed by atoms with van der Waals surface area (Å²) in [7, 11) is -1.11. The van der Waals surface area contributed by atoms with Crippen molar-refractivity contribution in [1.29, 1.82) is 0 Å². The lowest BCUT2D eigenvalue weighted by Gasteiger charge is -2.25. The summed E-state index contributed by atoms with van der Waals surface area (Å²) in [4.78, 5) is 37.2. The topological polar surface area (TPSA) is 101 Å². The molecular formula is C22H26N2O6S. The fourth-order valence-electron chi connectivity index (χ4n) is 2.77. The first-order chi connectivity index (χ1) is 14.5. The van der Waals surface area contributed by atoms with E-state index in [0.717, 1.165) is 9.87 Å². The summed E-state index contributed by atoms with van der Waals surface area (Å²) in [6.07, 6.45) is 0. The van der Waals surface area contributed by atoms with Crippen LogP contribution in [0.2, 0.25) is 0 Å². The van der Waals surface area contributed by atoms with Crippen LogP contribution < -0.4 is 0 Å². The van der Waals surface area contributed by atoms with E-state index < -0.39 is 35.1 Å². The van der Waals surface area contributed by atoms with Crippen LogP contribution in [0.3, 0.4) is 0 Å². The van der Waals surface area contributed by atoms with E-state index in [9.17, 15) is 22.8 Å². The number of benzene rings is 2. The molecule has 2 rings (SSSR count). The molecular weight excluding hydrogens is 420 g/mol. The van der Waals surface area contributed by atoms with Crippen molar-refractivity contribution >= 4 is 27.7 Å². The molecule has 9 heteroatoms. The molecule has 0 aromatic heterocycles. The summed E-state index contributed by atoms with van der Waals surface area (Å²) in [5, 5.41) is 0. The Labute approximate surface area is 182 Å². The second-order valence-electron chi connectivity index (χ2n) is 7.09. The van der Waals surface area contributed by atoms with Gasteiger partial charge in [-0.2, -0.15) is 4.31 Å². The Balaban J connectivity index is 1.92. The number of ether oxygens (including phenoxy) is 1. The maximum atomic E-state index is 12.6. The van der Waals surface area contributed by atoms with Gasteiger partial charge in [0.1, 0.15) is 6.54 Å². The summed E-state index contributed by atoms with van der Waals surface area (Å²) in [6, 6.07) is 14.6. The summed E-state index contributed by atoms with van der Waals surface area (Å²) < 4.78 is 31.0. The maximum Gasteiger partial charge on any atom is 0.321 e. The summed E-state index contributed by atoms with van der Waals surface area (Å²) in [6.45, 7) is 2.19. The molecule has 0 N–H and O–H groups in total. The van der Waals surface area contributed by atoms with E-state index in [-0.39, 0.29) is 16.7 Å². The molecule has 0 bridgehead atoms. The van der Waals surface area contributed by atoms with Gasteiger partial charge in [-0.25, -0.2) is 8.42 Å². The monoisotopic (exact) mass is 446 g/mol. The van der Waals surface area contributed by atoms with Crippen LogP contribution in [-0.2, 0) is 24.3 Å². The number of ketones is 1. The van der Waals surface area contributed by atoms with Crippen LogP contribution in [0.25, 0.3) is 0 Å². The van der Waals surface area contributed by atoms with Crippen molar-refractivity contribution in [3.8, 4) is 0 Å². The minimum absolute atomic E-state index is 0.0553. The Morgan fingerprint density at radius 3 is 2.10 bits per heavy atom. The van der Waals surface area contributed by atoms with E-state index in [4.69, 9.17) is 4.74 Å². The number of Topliss-reactive ketones (excluding diaryl/α,β-unsaturated/α-hetero) is 1. The second-order valence-corrected chi connectivity index (χ2v) is 9.14. The predicted molar refractivity (Wildman–Crippen MR) is 115 cm³/mol. The van der Waals surface area contributed by atoms with Crippen LogP contribution in [0, 0.1) is 0 Å². The fourth-order valence-corrected chi connectivity index (χ4v) is 3.88. The molecule has 0 fully saturated rings. The number of carbonyl (C=O) groups excluding carboxylic acids is 3. The van der Waals surface area contributed by atoms with Gasteiger partial charge in [-0.15, -0.1) is 0 Å². The Bertz CT molecular complexity index is 1040. The first-order valence-electron chi connectivity index (χ1n) is 9.57. The maximum absolute atomic E-state index is 12.6. The number of hydrogen-bond acceptors (Lipinski definition) is 6. The molecule has 0 heterocycles. The SMILES string of the molecule is CC(=O)c1ccc(S(=O)(=O)N(C)CC(=O)OCC(=O)N(C)C(C)c2ccccc2)cc1. The van der Waals surface area contributed by atoms with Crippen molar-refractivity contribution in [2.75, 3.05) is 27.2 Å². The number of likely N-dealkylation sites (N-methyl/N-ethyl adjacent to an activating group) is 2. The molecule has 1 unspecified atom stereocenters. The lowest BCUT2D eigenvalue weighted by Crippen LogP contribution is -2.36. The van der Waals surface area contributed by atoms with Gasteiger partial charge in [-0.1, -0.05) is 42.5 Å². The number of sulfonamides is 1. The van der Waals surface area contributed by atoms with Crippen LogP contribution in [0.1, 0.15) is 35.8 Å². The predicted octanol–water partition coefficient (Wildman–Crippen LogP) is 2.27. The fraction of sp³-hybridized carbons (Fsp3) is 0.318. The molecule has 0 spiro atoms. The van der Waals surface area contributed by atoms with Gasteiger partial charge in [0.05, 0.1) is 10.9 Å². The zero-order chi connectivity index (χ0) is 23.2. The Hall–Kier alpha value is -3.04. The molecule has 0 aliphatic rings. The molecule has 0 aliphatic carbocycles. The summed E-state index contributed by atoms with van der Waals surface area (Å²) >= 11 is 0. The normalized spacial score (nSPS) is 12.3. The van der Waals surface area contributed by atoms with E-state index in [1.54, 1.807) is 7.05 Å². The molecule has 2 aromatic carbocycles. The molecule has 2 aromatic rings. The molecule has 8 nitrogen and oxygen atoms in total. The zero-order valence-corrected chi connectivity index (χ0v) is 18.8. The number of nitrogens with zero attached hydrogens (tertiary/aromatic N) is 2. The third-order valence-corrected chi connectivity index (χ3v) is 6.75. The van der Waals surface area contributed by atoms with Crippen molar-refractivity contribution in [3.63, 3.8) is 0 Å². The minimum atomic E-state index is -3.96. The molecule has 0 aliphatic heterocycles. The van der Waals surface area contributed by atoms with Gasteiger partial charge in [0.15, 0.2) is 12.4 Å². The molecule has 1 atom stereocenters. The van der Waals surface area contributed by atoms with Gasteiger partial charge in [-0.05, 0) is 31.5 Å². The minimum Gasteiger partial charge on any atom is -0.455 e. The van der Waals surface area contributed by atoms with E-state index in [1.165, 1.54) is 43.1 Å². The highest BCUT2D eigenvalue weighted by Gasteiger charge is 2.25. The highest BCUT2D eigenvalue weighted by molar-refractivity contribution is 7.89. The number of rotatable bonds is 9. The number of amides is 1. The van der Waals surface area contributed by atoms with Gasteiger partial charge in [0, 0.05) is 19.7 Å². The standard InChI is InChI=1S/C22H26N2O6S/c1-16(18-8-6-5-7-9-18)24(4)21(26)15-30-22(27)14-23(3)31(28,29)20-12-10-19(11-13-20)17(2)25/h5-13,16H,14-15H2,1-4H3. The Kier molecular flexibility index (Phi) is 8.07. The lowest BCUT2D eigenvalue weighted by atomic mass is 10.1. The number of carbonyl (C=O) groups is 3. The second kappa shape index (κ2) is 10.3. The summed E-state index contributed by atoms with van der Waals surface area (Å²) in [5.74, 6) is -1.44. The van der Waals surface area contributed by atoms with Crippen LogP contribution in [0.4, 0.5) is 0 Å². The Morgan fingerprint density at radius 1 is 0.968 bits per heavy atom. The van der Waals surface area contributed by atoms with Crippen molar-refractivity contribution in [2.24, 2.45) is 0 Å². The van der Waals surface area contributed by atoms with Crippen LogP contribution in [-0.4, -0.2) is 62.5 Å². The highest BCUT2D eigenvalue weighted by Crippen LogP contribution is 2.18. The van der Waals surface area contributed by atoms with Crippen molar-refractivity contribution in [2.45, 2.75) is 24.8 Å². The third-order valence-electron chi connectivity index (χ3n) is 4.93. The Morgan fingerprint density at radius 2 is 1.55 bits per heavy atom. The van der Waals surface area contributed by atoms with Crippen LogP contribution in [0.15, 0.2) is 59.5 Å². The van der Waals surface area contributed by atoms with Gasteiger partial charge >= 0.3 is 5.97 Å². The zero-order valence-electron chi connectivity index (χ0n) is 17.9. The average molecular weight is 447 g/mol. The average Bonchev–Trinajstić information content (AvgIpc) is 2.76. The molecule has 0 radical (unpaired) electrons. The van der Waals surface area contributed by atoms with E-state index in [0.29, 0.717) is 5.56 Å². The summed E-state index contributed by atoms with van der Waals surface area (Å²) in [5.41, 5.74) is 1.32. The van der Waals surface area contributed by atoms with Gasteiger partial charge in [0.25, 0.3) is 5.91 Å². The van der Waals surface area contributed by atoms with Crippen molar-refractivity contribution in [3.05, 3.63) is 65.7 Å². The van der Waals surface area contributed by atoms with Crippen LogP contribution in [0.5, 0.6) is 0 Å². The van der Waals surface area contributed by atoms with Crippen molar-refractivity contribution in [1.82, 2.24) is 9.21 Å². The van der Waals surface area contributed by atoms with Gasteiger partial charge < -0.3 is 9.64 Å². The third kappa shape index (κ3) is 6.22. The highest BCUT2D eigenvalue weighted by atomic mass is 32.2. The largest absolute Gasteiger partial charge is 0.455 e. The van der Waals surface area contributed by atoms with Gasteiger partial charge in [0.2, 0.25) is 10.0 Å². The first kappa shape index (κ1) is 24.2. The molecule has 1 amide bonds. The number of hydrogen-bond donors (Lipinski definition) is 0. The van der Waals surface area contributed by atoms with E-state index >= 15 is 0 Å². The molecule has 0 saturated carbocycles. The van der Waals surface area contributed by atoms with Gasteiger partial charge in [-0.3, -0.25) is 14.4 Å². The molecule has 166 valence electrons. The number of esters is 1. The quantitative estimate of drug-likeness (QED) is 0.433. The smallest absolute Gasteiger partial charge is 0.321 e. The van der Waals surface area contributed by atoms with Crippen LogP contribution >= 0.6 is 0 Å². The van der Waals surface area contributed by atoms with E-state index in [1.807, 2.05) is 37.3 Å². The lowest BCUT2D eigenvalue weighted by molar-refractivity contribution is -0.152. The first-order valence-corrected chi connectivity index (χ1v) is 11.0. The molecule has 31 heavy (non-hydrogen) atoms. The van der Waals surface area contributed by atoms with E-state index in [2.05, 4.69) is 0 Å². The molecule has 0 saturated heterocycles.